The first-order chi connectivity index (χ1) is 8.09. The van der Waals surface area contributed by atoms with Crippen molar-refractivity contribution in [2.24, 2.45) is 0 Å². The zero-order valence-corrected chi connectivity index (χ0v) is 10.2. The van der Waals surface area contributed by atoms with E-state index < -0.39 is 5.97 Å². The smallest absolute Gasteiger partial charge is 0.349 e. The van der Waals surface area contributed by atoms with Crippen LogP contribution in [-0.2, 0) is 4.79 Å². The quantitative estimate of drug-likeness (QED) is 0.864. The number of ether oxygens (including phenoxy) is 1. The molecule has 1 saturated carbocycles. The maximum absolute atomic E-state index is 11.7. The van der Waals surface area contributed by atoms with E-state index in [0.717, 1.165) is 24.2 Å². The Labute approximate surface area is 103 Å². The van der Waals surface area contributed by atoms with Crippen molar-refractivity contribution < 1.29 is 19.4 Å². The summed E-state index contributed by atoms with van der Waals surface area (Å²) in [4.78, 5) is 24.3. The summed E-state index contributed by atoms with van der Waals surface area (Å²) >= 11 is 1.09. The molecule has 1 aliphatic rings. The number of carboxylic acids is 1. The molecule has 0 bridgehead atoms. The Bertz CT molecular complexity index is 438. The summed E-state index contributed by atoms with van der Waals surface area (Å²) in [5.41, 5.74) is 0. The van der Waals surface area contributed by atoms with Crippen molar-refractivity contribution in [2.75, 3.05) is 13.7 Å². The fourth-order valence-electron chi connectivity index (χ4n) is 1.47. The molecule has 0 aliphatic heterocycles. The summed E-state index contributed by atoms with van der Waals surface area (Å²) < 4.78 is 5.24. The first-order valence-corrected chi connectivity index (χ1v) is 6.17. The lowest BCUT2D eigenvalue weighted by Gasteiger charge is -2.16. The van der Waals surface area contributed by atoms with Gasteiger partial charge in [0.25, 0.3) is 5.91 Å². The summed E-state index contributed by atoms with van der Waals surface area (Å²) in [5, 5.41) is 10.5. The van der Waals surface area contributed by atoms with Gasteiger partial charge in [-0.3, -0.25) is 4.79 Å². The summed E-state index contributed by atoms with van der Waals surface area (Å²) in [6, 6.07) is 1.91. The number of carbonyl (C=O) groups is 2. The van der Waals surface area contributed by atoms with Crippen molar-refractivity contribution in [3.05, 3.63) is 16.3 Å². The summed E-state index contributed by atoms with van der Waals surface area (Å²) in [6.07, 6.45) is 2.09. The lowest BCUT2D eigenvalue weighted by Crippen LogP contribution is -2.33. The van der Waals surface area contributed by atoms with Crippen LogP contribution in [0.25, 0.3) is 0 Å². The minimum absolute atomic E-state index is 0.107. The second kappa shape index (κ2) is 4.75. The molecule has 92 valence electrons. The molecule has 6 heteroatoms. The number of amides is 1. The monoisotopic (exact) mass is 255 g/mol. The van der Waals surface area contributed by atoms with Gasteiger partial charge in [0.2, 0.25) is 0 Å². The Morgan fingerprint density at radius 1 is 1.59 bits per heavy atom. The van der Waals surface area contributed by atoms with Crippen LogP contribution in [0.2, 0.25) is 0 Å². The predicted octanol–water partition coefficient (Wildman–Crippen LogP) is 1.45. The molecular weight excluding hydrogens is 242 g/mol. The van der Waals surface area contributed by atoms with E-state index in [1.54, 1.807) is 23.4 Å². The molecule has 1 aromatic heterocycles. The molecule has 17 heavy (non-hydrogen) atoms. The Kier molecular flexibility index (Phi) is 3.33. The molecular formula is C11H13NO4S. The van der Waals surface area contributed by atoms with Gasteiger partial charge in [-0.05, 0) is 24.3 Å². The average molecular weight is 255 g/mol. The number of hydrogen-bond donors (Lipinski definition) is 1. The number of aromatic carboxylic acids is 1. The van der Waals surface area contributed by atoms with E-state index in [-0.39, 0.29) is 23.1 Å². The molecule has 1 amide bonds. The third-order valence-corrected chi connectivity index (χ3v) is 3.55. The molecule has 0 radical (unpaired) electrons. The Morgan fingerprint density at radius 2 is 2.29 bits per heavy atom. The van der Waals surface area contributed by atoms with Gasteiger partial charge in [-0.1, -0.05) is 0 Å². The number of likely N-dealkylation sites (N-methyl/N-ethyl adjacent to an activating group) is 1. The van der Waals surface area contributed by atoms with Gasteiger partial charge in [0.05, 0.1) is 0 Å². The van der Waals surface area contributed by atoms with E-state index in [9.17, 15) is 9.59 Å². The van der Waals surface area contributed by atoms with E-state index in [2.05, 4.69) is 0 Å². The molecule has 1 aromatic rings. The van der Waals surface area contributed by atoms with Gasteiger partial charge in [0.1, 0.15) is 5.75 Å². The first-order valence-electron chi connectivity index (χ1n) is 5.29. The third-order valence-electron chi connectivity index (χ3n) is 2.66. The minimum atomic E-state index is -1.03. The largest absolute Gasteiger partial charge is 0.482 e. The van der Waals surface area contributed by atoms with Gasteiger partial charge in [-0.25, -0.2) is 4.79 Å². The summed E-state index contributed by atoms with van der Waals surface area (Å²) in [5.74, 6) is -0.881. The van der Waals surface area contributed by atoms with Gasteiger partial charge in [-0.15, -0.1) is 11.3 Å². The van der Waals surface area contributed by atoms with Crippen molar-refractivity contribution in [1.82, 2.24) is 4.90 Å². The minimum Gasteiger partial charge on any atom is -0.482 e. The Balaban J connectivity index is 1.90. The zero-order valence-electron chi connectivity index (χ0n) is 9.38. The maximum atomic E-state index is 11.7. The van der Waals surface area contributed by atoms with Gasteiger partial charge < -0.3 is 14.7 Å². The Morgan fingerprint density at radius 3 is 2.88 bits per heavy atom. The van der Waals surface area contributed by atoms with Crippen LogP contribution in [-0.4, -0.2) is 41.6 Å². The highest BCUT2D eigenvalue weighted by Gasteiger charge is 2.29. The molecule has 1 aliphatic carbocycles. The van der Waals surface area contributed by atoms with Crippen LogP contribution < -0.4 is 4.74 Å². The fraction of sp³-hybridized carbons (Fsp3) is 0.455. The summed E-state index contributed by atoms with van der Waals surface area (Å²) in [7, 11) is 1.75. The normalized spacial score (nSPS) is 14.4. The number of carboxylic acid groups (broad SMARTS) is 1. The SMILES string of the molecule is CN(C(=O)COc1ccsc1C(=O)O)C1CC1. The van der Waals surface area contributed by atoms with Crippen LogP contribution >= 0.6 is 11.3 Å². The fourth-order valence-corrected chi connectivity index (χ4v) is 2.15. The van der Waals surface area contributed by atoms with E-state index in [1.807, 2.05) is 0 Å². The predicted molar refractivity (Wildman–Crippen MR) is 62.6 cm³/mol. The van der Waals surface area contributed by atoms with Crippen molar-refractivity contribution in [2.45, 2.75) is 18.9 Å². The molecule has 0 atom stereocenters. The number of nitrogens with zero attached hydrogens (tertiary/aromatic N) is 1. The topological polar surface area (TPSA) is 66.8 Å². The van der Waals surface area contributed by atoms with E-state index in [4.69, 9.17) is 9.84 Å². The molecule has 1 heterocycles. The highest BCUT2D eigenvalue weighted by molar-refractivity contribution is 7.12. The molecule has 5 nitrogen and oxygen atoms in total. The highest BCUT2D eigenvalue weighted by atomic mass is 32.1. The standard InChI is InChI=1S/C11H13NO4S/c1-12(7-2-3-7)9(13)6-16-8-4-5-17-10(8)11(14)15/h4-5,7H,2-3,6H2,1H3,(H,14,15). The third kappa shape index (κ3) is 2.76. The van der Waals surface area contributed by atoms with Crippen LogP contribution in [0.1, 0.15) is 22.5 Å². The van der Waals surface area contributed by atoms with Gasteiger partial charge in [-0.2, -0.15) is 0 Å². The van der Waals surface area contributed by atoms with E-state index in [1.165, 1.54) is 0 Å². The molecule has 1 fully saturated rings. The highest BCUT2D eigenvalue weighted by Crippen LogP contribution is 2.27. The van der Waals surface area contributed by atoms with Crippen molar-refractivity contribution in [1.29, 1.82) is 0 Å². The first kappa shape index (κ1) is 11.9. The molecule has 1 N–H and O–H groups in total. The second-order valence-electron chi connectivity index (χ2n) is 3.94. The second-order valence-corrected chi connectivity index (χ2v) is 4.86. The van der Waals surface area contributed by atoms with E-state index >= 15 is 0 Å². The van der Waals surface area contributed by atoms with Crippen LogP contribution in [0.4, 0.5) is 0 Å². The molecule has 0 aromatic carbocycles. The van der Waals surface area contributed by atoms with Crippen LogP contribution in [0.15, 0.2) is 11.4 Å². The van der Waals surface area contributed by atoms with E-state index in [0.29, 0.717) is 6.04 Å². The number of rotatable bonds is 5. The van der Waals surface area contributed by atoms with Gasteiger partial charge >= 0.3 is 5.97 Å². The Hall–Kier alpha value is -1.56. The maximum Gasteiger partial charge on any atom is 0.349 e. The van der Waals surface area contributed by atoms with Gasteiger partial charge in [0.15, 0.2) is 11.5 Å². The molecule has 0 spiro atoms. The average Bonchev–Trinajstić information content (AvgIpc) is 3.03. The lowest BCUT2D eigenvalue weighted by molar-refractivity contribution is -0.132. The van der Waals surface area contributed by atoms with Crippen molar-refractivity contribution >= 4 is 23.2 Å². The van der Waals surface area contributed by atoms with Crippen molar-refractivity contribution in [3.63, 3.8) is 0 Å². The van der Waals surface area contributed by atoms with Crippen LogP contribution in [0, 0.1) is 0 Å². The zero-order chi connectivity index (χ0) is 12.4. The number of hydrogen-bond acceptors (Lipinski definition) is 4. The van der Waals surface area contributed by atoms with Crippen LogP contribution in [0.3, 0.4) is 0 Å². The van der Waals surface area contributed by atoms with Crippen molar-refractivity contribution in [3.8, 4) is 5.75 Å². The summed E-state index contributed by atoms with van der Waals surface area (Å²) in [6.45, 7) is -0.107. The number of thiophene rings is 1. The number of carbonyl (C=O) groups excluding carboxylic acids is 1. The molecule has 2 rings (SSSR count). The lowest BCUT2D eigenvalue weighted by atomic mass is 10.4. The van der Waals surface area contributed by atoms with Gasteiger partial charge in [0, 0.05) is 13.1 Å². The molecule has 0 unspecified atom stereocenters. The van der Waals surface area contributed by atoms with Crippen LogP contribution in [0.5, 0.6) is 5.75 Å². The molecule has 0 saturated heterocycles.